The van der Waals surface area contributed by atoms with Crippen LogP contribution in [0.2, 0.25) is 0 Å². The zero-order valence-corrected chi connectivity index (χ0v) is 19.1. The van der Waals surface area contributed by atoms with Crippen molar-refractivity contribution in [1.82, 2.24) is 4.98 Å². The minimum atomic E-state index is -0.0536. The van der Waals surface area contributed by atoms with Crippen molar-refractivity contribution in [2.75, 3.05) is 0 Å². The highest BCUT2D eigenvalue weighted by molar-refractivity contribution is 5.87. The topological polar surface area (TPSA) is 12.9 Å². The summed E-state index contributed by atoms with van der Waals surface area (Å²) in [7, 11) is 0. The molecule has 150 valence electrons. The van der Waals surface area contributed by atoms with Gasteiger partial charge in [-0.15, -0.1) is 0 Å². The first kappa shape index (κ1) is 19.9. The minimum absolute atomic E-state index is 0.0536. The third kappa shape index (κ3) is 3.21. The van der Waals surface area contributed by atoms with Gasteiger partial charge in [-0.1, -0.05) is 91.8 Å². The predicted octanol–water partition coefficient (Wildman–Crippen LogP) is 7.65. The number of pyridine rings is 1. The summed E-state index contributed by atoms with van der Waals surface area (Å²) in [4.78, 5) is 4.79. The van der Waals surface area contributed by atoms with Crippen molar-refractivity contribution in [1.29, 1.82) is 0 Å². The lowest BCUT2D eigenvalue weighted by Crippen LogP contribution is -2.18. The molecule has 0 atom stereocenters. The summed E-state index contributed by atoms with van der Waals surface area (Å²) in [5.41, 5.74) is 10.8. The summed E-state index contributed by atoms with van der Waals surface area (Å²) in [6.45, 7) is 18.4. The standard InChI is InChI=1S/C28H33N/c1-26(2,3)18-12-13-20-21-10-9-11-22(25(21)28(7,8)23(20)16-18)24-17-19(14-15-29-24)27(4,5)6/h9-17H,1-8H3. The van der Waals surface area contributed by atoms with Crippen LogP contribution in [0, 0.1) is 0 Å². The Morgan fingerprint density at radius 3 is 1.97 bits per heavy atom. The molecule has 0 saturated carbocycles. The molecule has 0 fully saturated rings. The lowest BCUT2D eigenvalue weighted by molar-refractivity contribution is 0.585. The van der Waals surface area contributed by atoms with Gasteiger partial charge in [0.25, 0.3) is 0 Å². The Labute approximate surface area is 176 Å². The van der Waals surface area contributed by atoms with Crippen molar-refractivity contribution >= 4 is 0 Å². The summed E-state index contributed by atoms with van der Waals surface area (Å²) >= 11 is 0. The summed E-state index contributed by atoms with van der Waals surface area (Å²) in [5, 5.41) is 0. The van der Waals surface area contributed by atoms with E-state index in [9.17, 15) is 0 Å². The van der Waals surface area contributed by atoms with E-state index in [1.165, 1.54) is 38.9 Å². The maximum Gasteiger partial charge on any atom is 0.0708 e. The molecule has 0 unspecified atom stereocenters. The zero-order chi connectivity index (χ0) is 21.2. The Morgan fingerprint density at radius 1 is 0.690 bits per heavy atom. The van der Waals surface area contributed by atoms with E-state index < -0.39 is 0 Å². The van der Waals surface area contributed by atoms with Crippen molar-refractivity contribution in [2.24, 2.45) is 0 Å². The first-order valence-electron chi connectivity index (χ1n) is 10.7. The van der Waals surface area contributed by atoms with E-state index in [2.05, 4.69) is 104 Å². The maximum absolute atomic E-state index is 4.79. The molecule has 0 saturated heterocycles. The Hall–Kier alpha value is -2.41. The molecule has 1 aliphatic carbocycles. The third-order valence-corrected chi connectivity index (χ3v) is 6.44. The highest BCUT2D eigenvalue weighted by Gasteiger charge is 2.38. The number of nitrogens with zero attached hydrogens (tertiary/aromatic N) is 1. The van der Waals surface area contributed by atoms with Crippen molar-refractivity contribution < 1.29 is 0 Å². The van der Waals surface area contributed by atoms with Gasteiger partial charge in [0.15, 0.2) is 0 Å². The van der Waals surface area contributed by atoms with Crippen LogP contribution in [-0.2, 0) is 16.2 Å². The van der Waals surface area contributed by atoms with E-state index in [4.69, 9.17) is 4.98 Å². The van der Waals surface area contributed by atoms with Crippen LogP contribution in [0.1, 0.15) is 77.6 Å². The molecule has 1 aromatic heterocycles. The number of aromatic nitrogens is 1. The fourth-order valence-electron chi connectivity index (χ4n) is 4.61. The average molecular weight is 384 g/mol. The third-order valence-electron chi connectivity index (χ3n) is 6.44. The normalized spacial score (nSPS) is 15.2. The molecule has 1 heterocycles. The largest absolute Gasteiger partial charge is 0.256 e. The van der Waals surface area contributed by atoms with Gasteiger partial charge in [0, 0.05) is 17.2 Å². The van der Waals surface area contributed by atoms with Gasteiger partial charge in [-0.2, -0.15) is 0 Å². The van der Waals surface area contributed by atoms with Crippen LogP contribution in [0.4, 0.5) is 0 Å². The zero-order valence-electron chi connectivity index (χ0n) is 19.1. The van der Waals surface area contributed by atoms with Crippen LogP contribution in [-0.4, -0.2) is 4.98 Å². The van der Waals surface area contributed by atoms with Crippen LogP contribution in [0.5, 0.6) is 0 Å². The van der Waals surface area contributed by atoms with E-state index in [1.54, 1.807) is 0 Å². The highest BCUT2D eigenvalue weighted by Crippen LogP contribution is 2.52. The molecule has 0 aliphatic heterocycles. The SMILES string of the molecule is CC(C)(C)c1ccnc(-c2cccc3c2C(C)(C)c2cc(C(C)(C)C)ccc2-3)c1. The molecule has 2 aromatic carbocycles. The monoisotopic (exact) mass is 383 g/mol. The summed E-state index contributed by atoms with van der Waals surface area (Å²) in [6, 6.07) is 18.2. The minimum Gasteiger partial charge on any atom is -0.256 e. The number of hydrogen-bond donors (Lipinski definition) is 0. The van der Waals surface area contributed by atoms with Gasteiger partial charge in [0.2, 0.25) is 0 Å². The Balaban J connectivity index is 1.94. The van der Waals surface area contributed by atoms with E-state index in [1.807, 2.05) is 6.20 Å². The Bertz CT molecular complexity index is 1090. The number of benzene rings is 2. The number of rotatable bonds is 1. The second-order valence-electron chi connectivity index (χ2n) is 11.0. The second kappa shape index (κ2) is 6.29. The van der Waals surface area contributed by atoms with Gasteiger partial charge in [0.1, 0.15) is 0 Å². The Kier molecular flexibility index (Phi) is 4.31. The molecule has 1 heteroatoms. The maximum atomic E-state index is 4.79. The molecule has 0 amide bonds. The molecule has 0 bridgehead atoms. The number of fused-ring (bicyclic) bond motifs is 3. The van der Waals surface area contributed by atoms with Crippen LogP contribution in [0.25, 0.3) is 22.4 Å². The summed E-state index contributed by atoms with van der Waals surface area (Å²) in [5.74, 6) is 0. The van der Waals surface area contributed by atoms with E-state index >= 15 is 0 Å². The van der Waals surface area contributed by atoms with Gasteiger partial charge >= 0.3 is 0 Å². The quantitative estimate of drug-likeness (QED) is 0.420. The first-order chi connectivity index (χ1) is 13.4. The summed E-state index contributed by atoms with van der Waals surface area (Å²) < 4.78 is 0. The molecular formula is C28H33N. The highest BCUT2D eigenvalue weighted by atomic mass is 14.7. The van der Waals surface area contributed by atoms with Gasteiger partial charge in [0.05, 0.1) is 5.69 Å². The van der Waals surface area contributed by atoms with E-state index in [0.29, 0.717) is 0 Å². The van der Waals surface area contributed by atoms with Crippen LogP contribution in [0.3, 0.4) is 0 Å². The molecule has 0 radical (unpaired) electrons. The predicted molar refractivity (Wildman–Crippen MR) is 125 cm³/mol. The van der Waals surface area contributed by atoms with Crippen molar-refractivity contribution in [3.63, 3.8) is 0 Å². The van der Waals surface area contributed by atoms with Crippen molar-refractivity contribution in [3.8, 4) is 22.4 Å². The van der Waals surface area contributed by atoms with Gasteiger partial charge in [-0.25, -0.2) is 0 Å². The molecule has 4 rings (SSSR count). The average Bonchev–Trinajstić information content (AvgIpc) is 2.88. The van der Waals surface area contributed by atoms with Crippen LogP contribution >= 0.6 is 0 Å². The molecule has 29 heavy (non-hydrogen) atoms. The first-order valence-corrected chi connectivity index (χ1v) is 10.7. The van der Waals surface area contributed by atoms with E-state index in [0.717, 1.165) is 5.69 Å². The van der Waals surface area contributed by atoms with Gasteiger partial charge < -0.3 is 0 Å². The van der Waals surface area contributed by atoms with Crippen molar-refractivity contribution in [3.05, 3.63) is 77.0 Å². The van der Waals surface area contributed by atoms with Crippen molar-refractivity contribution in [2.45, 2.75) is 71.6 Å². The second-order valence-corrected chi connectivity index (χ2v) is 11.0. The van der Waals surface area contributed by atoms with Gasteiger partial charge in [-0.05, 0) is 56.3 Å². The number of hydrogen-bond acceptors (Lipinski definition) is 1. The summed E-state index contributed by atoms with van der Waals surface area (Å²) in [6.07, 6.45) is 1.96. The molecule has 1 aliphatic rings. The van der Waals surface area contributed by atoms with Crippen LogP contribution < -0.4 is 0 Å². The fourth-order valence-corrected chi connectivity index (χ4v) is 4.61. The molecule has 0 N–H and O–H groups in total. The fraction of sp³-hybridized carbons (Fsp3) is 0.393. The Morgan fingerprint density at radius 2 is 1.31 bits per heavy atom. The van der Waals surface area contributed by atoms with Gasteiger partial charge in [-0.3, -0.25) is 4.98 Å². The molecule has 0 spiro atoms. The van der Waals surface area contributed by atoms with E-state index in [-0.39, 0.29) is 16.2 Å². The molecule has 3 aromatic rings. The molecule has 1 nitrogen and oxygen atoms in total. The lowest BCUT2D eigenvalue weighted by atomic mass is 9.77. The van der Waals surface area contributed by atoms with Crippen LogP contribution in [0.15, 0.2) is 54.7 Å². The molecular weight excluding hydrogens is 350 g/mol. The lowest BCUT2D eigenvalue weighted by Gasteiger charge is -2.27. The smallest absolute Gasteiger partial charge is 0.0708 e.